The van der Waals surface area contributed by atoms with Crippen molar-refractivity contribution in [2.45, 2.75) is 20.3 Å². The Kier molecular flexibility index (Phi) is 3.85. The molecule has 0 aliphatic carbocycles. The third-order valence-corrected chi connectivity index (χ3v) is 2.54. The van der Waals surface area contributed by atoms with Crippen molar-refractivity contribution < 1.29 is 19.1 Å². The quantitative estimate of drug-likeness (QED) is 0.895. The maximum absolute atomic E-state index is 10.9. The first-order valence-electron chi connectivity index (χ1n) is 6.05. The standard InChI is InChI=1S/C14H15NO4/c1-3-7-18-11-6-4-5-10(8-11)13-15-9(2)12(19-13)14(16)17/h4-6,8H,3,7H2,1-2H3,(H,16,17). The van der Waals surface area contributed by atoms with E-state index in [0.717, 1.165) is 6.42 Å². The molecule has 1 heterocycles. The monoisotopic (exact) mass is 261 g/mol. The molecular formula is C14H15NO4. The van der Waals surface area contributed by atoms with Gasteiger partial charge in [-0.05, 0) is 31.5 Å². The van der Waals surface area contributed by atoms with E-state index in [9.17, 15) is 4.79 Å². The largest absolute Gasteiger partial charge is 0.494 e. The molecule has 19 heavy (non-hydrogen) atoms. The van der Waals surface area contributed by atoms with Gasteiger partial charge in [0, 0.05) is 5.56 Å². The zero-order valence-electron chi connectivity index (χ0n) is 10.8. The Morgan fingerprint density at radius 3 is 2.89 bits per heavy atom. The number of aromatic nitrogens is 1. The lowest BCUT2D eigenvalue weighted by Crippen LogP contribution is -1.95. The highest BCUT2D eigenvalue weighted by Gasteiger charge is 2.17. The zero-order valence-corrected chi connectivity index (χ0v) is 10.8. The summed E-state index contributed by atoms with van der Waals surface area (Å²) >= 11 is 0. The Morgan fingerprint density at radius 1 is 1.47 bits per heavy atom. The molecule has 0 spiro atoms. The first-order chi connectivity index (χ1) is 9.11. The van der Waals surface area contributed by atoms with Crippen molar-refractivity contribution in [2.24, 2.45) is 0 Å². The van der Waals surface area contributed by atoms with Crippen LogP contribution in [0.5, 0.6) is 5.75 Å². The Morgan fingerprint density at radius 2 is 2.26 bits per heavy atom. The third-order valence-electron chi connectivity index (χ3n) is 2.54. The molecule has 5 heteroatoms. The number of benzene rings is 1. The number of nitrogens with zero attached hydrogens (tertiary/aromatic N) is 1. The molecule has 0 saturated carbocycles. The highest BCUT2D eigenvalue weighted by molar-refractivity contribution is 5.86. The second-order valence-corrected chi connectivity index (χ2v) is 4.11. The van der Waals surface area contributed by atoms with Gasteiger partial charge in [-0.1, -0.05) is 13.0 Å². The molecule has 5 nitrogen and oxygen atoms in total. The van der Waals surface area contributed by atoms with Crippen molar-refractivity contribution in [2.75, 3.05) is 6.61 Å². The summed E-state index contributed by atoms with van der Waals surface area (Å²) < 4.78 is 10.8. The molecular weight excluding hydrogens is 246 g/mol. The van der Waals surface area contributed by atoms with E-state index in [1.54, 1.807) is 19.1 Å². The van der Waals surface area contributed by atoms with E-state index in [4.69, 9.17) is 14.3 Å². The molecule has 0 bridgehead atoms. The Balaban J connectivity index is 2.31. The van der Waals surface area contributed by atoms with E-state index in [2.05, 4.69) is 4.98 Å². The molecule has 2 aromatic rings. The molecule has 0 aliphatic rings. The minimum absolute atomic E-state index is 0.130. The smallest absolute Gasteiger partial charge is 0.373 e. The molecule has 0 unspecified atom stereocenters. The average Bonchev–Trinajstić information content (AvgIpc) is 2.79. The summed E-state index contributed by atoms with van der Waals surface area (Å²) in [6.45, 7) is 4.27. The zero-order chi connectivity index (χ0) is 13.8. The fraction of sp³-hybridized carbons (Fsp3) is 0.286. The molecule has 0 radical (unpaired) electrons. The summed E-state index contributed by atoms with van der Waals surface area (Å²) in [7, 11) is 0. The van der Waals surface area contributed by atoms with Crippen LogP contribution in [0, 0.1) is 6.92 Å². The minimum Gasteiger partial charge on any atom is -0.494 e. The van der Waals surface area contributed by atoms with Crippen LogP contribution in [-0.4, -0.2) is 22.7 Å². The van der Waals surface area contributed by atoms with Crippen molar-refractivity contribution in [3.05, 3.63) is 35.7 Å². The maximum atomic E-state index is 10.9. The highest BCUT2D eigenvalue weighted by Crippen LogP contribution is 2.25. The lowest BCUT2D eigenvalue weighted by molar-refractivity contribution is 0.0662. The van der Waals surface area contributed by atoms with Crippen LogP contribution in [0.3, 0.4) is 0 Å². The third kappa shape index (κ3) is 2.93. The van der Waals surface area contributed by atoms with Crippen LogP contribution in [0.2, 0.25) is 0 Å². The van der Waals surface area contributed by atoms with Gasteiger partial charge in [0.2, 0.25) is 11.7 Å². The van der Waals surface area contributed by atoms with Crippen LogP contribution in [0.25, 0.3) is 11.5 Å². The fourth-order valence-corrected chi connectivity index (χ4v) is 1.66. The summed E-state index contributed by atoms with van der Waals surface area (Å²) in [6, 6.07) is 7.25. The lowest BCUT2D eigenvalue weighted by atomic mass is 10.2. The summed E-state index contributed by atoms with van der Waals surface area (Å²) in [4.78, 5) is 15.0. The van der Waals surface area contributed by atoms with Gasteiger partial charge in [-0.3, -0.25) is 0 Å². The highest BCUT2D eigenvalue weighted by atomic mass is 16.5. The number of carboxylic acid groups (broad SMARTS) is 1. The van der Waals surface area contributed by atoms with Crippen molar-refractivity contribution in [3.8, 4) is 17.2 Å². The first kappa shape index (κ1) is 13.1. The molecule has 1 N–H and O–H groups in total. The van der Waals surface area contributed by atoms with Crippen LogP contribution in [-0.2, 0) is 0 Å². The SMILES string of the molecule is CCCOc1cccc(-c2nc(C)c(C(=O)O)o2)c1. The van der Waals surface area contributed by atoms with Gasteiger partial charge in [-0.15, -0.1) is 0 Å². The van der Waals surface area contributed by atoms with E-state index in [-0.39, 0.29) is 11.7 Å². The molecule has 1 aromatic heterocycles. The van der Waals surface area contributed by atoms with E-state index in [1.807, 2.05) is 19.1 Å². The van der Waals surface area contributed by atoms with Gasteiger partial charge in [-0.2, -0.15) is 0 Å². The van der Waals surface area contributed by atoms with Gasteiger partial charge < -0.3 is 14.3 Å². The van der Waals surface area contributed by atoms with E-state index >= 15 is 0 Å². The molecule has 1 aromatic carbocycles. The summed E-state index contributed by atoms with van der Waals surface area (Å²) in [5, 5.41) is 8.94. The predicted octanol–water partition coefficient (Wildman–Crippen LogP) is 3.14. The van der Waals surface area contributed by atoms with Crippen LogP contribution in [0.4, 0.5) is 0 Å². The maximum Gasteiger partial charge on any atom is 0.373 e. The molecule has 2 rings (SSSR count). The van der Waals surface area contributed by atoms with Crippen LogP contribution < -0.4 is 4.74 Å². The minimum atomic E-state index is -1.12. The summed E-state index contributed by atoms with van der Waals surface area (Å²) in [6.07, 6.45) is 0.922. The van der Waals surface area contributed by atoms with Crippen LogP contribution in [0.1, 0.15) is 29.6 Å². The molecule has 0 saturated heterocycles. The van der Waals surface area contributed by atoms with Gasteiger partial charge in [0.1, 0.15) is 5.75 Å². The number of carbonyl (C=O) groups is 1. The summed E-state index contributed by atoms with van der Waals surface area (Å²) in [5.41, 5.74) is 1.06. The Hall–Kier alpha value is -2.30. The Bertz CT molecular complexity index is 589. The topological polar surface area (TPSA) is 72.6 Å². The van der Waals surface area contributed by atoms with Crippen molar-refractivity contribution in [1.82, 2.24) is 4.98 Å². The number of hydrogen-bond donors (Lipinski definition) is 1. The normalized spacial score (nSPS) is 10.4. The lowest BCUT2D eigenvalue weighted by Gasteiger charge is -2.04. The van der Waals surface area contributed by atoms with Crippen molar-refractivity contribution >= 4 is 5.97 Å². The van der Waals surface area contributed by atoms with Gasteiger partial charge in [-0.25, -0.2) is 9.78 Å². The van der Waals surface area contributed by atoms with E-state index in [1.165, 1.54) is 0 Å². The number of hydrogen-bond acceptors (Lipinski definition) is 4. The molecule has 0 amide bonds. The summed E-state index contributed by atoms with van der Waals surface area (Å²) in [5.74, 6) is -0.242. The van der Waals surface area contributed by atoms with Crippen LogP contribution in [0.15, 0.2) is 28.7 Å². The average molecular weight is 261 g/mol. The number of aromatic carboxylic acids is 1. The van der Waals surface area contributed by atoms with Crippen LogP contribution >= 0.6 is 0 Å². The van der Waals surface area contributed by atoms with Crippen molar-refractivity contribution in [1.29, 1.82) is 0 Å². The number of carboxylic acids is 1. The van der Waals surface area contributed by atoms with Gasteiger partial charge >= 0.3 is 5.97 Å². The number of aryl methyl sites for hydroxylation is 1. The van der Waals surface area contributed by atoms with Gasteiger partial charge in [0.15, 0.2) is 0 Å². The fourth-order valence-electron chi connectivity index (χ4n) is 1.66. The van der Waals surface area contributed by atoms with E-state index in [0.29, 0.717) is 23.6 Å². The number of oxazole rings is 1. The molecule has 0 fully saturated rings. The number of rotatable bonds is 5. The number of ether oxygens (including phenoxy) is 1. The van der Waals surface area contributed by atoms with Crippen molar-refractivity contribution in [3.63, 3.8) is 0 Å². The second-order valence-electron chi connectivity index (χ2n) is 4.11. The van der Waals surface area contributed by atoms with Gasteiger partial charge in [0.05, 0.1) is 12.3 Å². The molecule has 0 aliphatic heterocycles. The molecule has 100 valence electrons. The van der Waals surface area contributed by atoms with Gasteiger partial charge in [0.25, 0.3) is 0 Å². The first-order valence-corrected chi connectivity index (χ1v) is 6.05. The Labute approximate surface area is 110 Å². The second kappa shape index (κ2) is 5.56. The molecule has 0 atom stereocenters. The van der Waals surface area contributed by atoms with E-state index < -0.39 is 5.97 Å². The predicted molar refractivity (Wildman–Crippen MR) is 69.4 cm³/mol.